The van der Waals surface area contributed by atoms with Gasteiger partial charge in [0.2, 0.25) is 0 Å². The van der Waals surface area contributed by atoms with Gasteiger partial charge in [0, 0.05) is 35.7 Å². The summed E-state index contributed by atoms with van der Waals surface area (Å²) in [5.41, 5.74) is 8.11. The number of thiophene rings is 1. The van der Waals surface area contributed by atoms with Gasteiger partial charge >= 0.3 is 12.2 Å². The molecular formula is C35H29ClF6N8O2S. The van der Waals surface area contributed by atoms with E-state index in [0.717, 1.165) is 18.6 Å². The summed E-state index contributed by atoms with van der Waals surface area (Å²) >= 11 is 6.91. The van der Waals surface area contributed by atoms with Gasteiger partial charge < -0.3 is 25.8 Å². The molecule has 8 rings (SSSR count). The lowest BCUT2D eigenvalue weighted by Gasteiger charge is -2.32. The lowest BCUT2D eigenvalue weighted by molar-refractivity contribution is -0.138. The van der Waals surface area contributed by atoms with Crippen LogP contribution in [-0.4, -0.2) is 64.4 Å². The van der Waals surface area contributed by atoms with Crippen molar-refractivity contribution < 1.29 is 35.8 Å². The van der Waals surface area contributed by atoms with Crippen LogP contribution in [0.2, 0.25) is 5.02 Å². The number of nitrogens with zero attached hydrogens (tertiary/aromatic N) is 6. The number of nitriles is 1. The van der Waals surface area contributed by atoms with Gasteiger partial charge in [-0.25, -0.2) is 18.2 Å². The third kappa shape index (κ3) is 5.60. The van der Waals surface area contributed by atoms with E-state index >= 15 is 22.0 Å². The first-order chi connectivity index (χ1) is 25.2. The molecule has 0 radical (unpaired) electrons. The second kappa shape index (κ2) is 12.7. The van der Waals surface area contributed by atoms with Crippen LogP contribution in [-0.2, 0) is 6.18 Å². The van der Waals surface area contributed by atoms with Crippen LogP contribution in [0.1, 0.15) is 48.9 Å². The maximum absolute atomic E-state index is 17.4. The maximum atomic E-state index is 17.4. The average molecular weight is 775 g/mol. The van der Waals surface area contributed by atoms with E-state index in [1.54, 1.807) is 17.9 Å². The predicted octanol–water partition coefficient (Wildman–Crippen LogP) is 7.81. The zero-order valence-electron chi connectivity index (χ0n) is 27.8. The van der Waals surface area contributed by atoms with E-state index in [4.69, 9.17) is 32.5 Å². The van der Waals surface area contributed by atoms with Gasteiger partial charge in [0.15, 0.2) is 5.82 Å². The van der Waals surface area contributed by atoms with Crippen LogP contribution in [0.15, 0.2) is 24.4 Å². The standard InChI is InChI=1S/C35H29ClF6N8O2S/c1-15(19-9-16(36)12-46-30(19)44)50-7-8-51-28-24-27(47-33(48-32(24)50)52-14-34-5-2-6-49(34)13-17(37)10-34)26(39)23(25(28)35(40,41)42)18-3-4-21(38)29-22(18)20(11-43)31(45)53-29/h3-4,9,12,15,17H,2,5-8,10,13-14,45H2,1H3,(H2,44,46)/t15-,17-,34+/m1/s1. The number of halogens is 7. The number of rotatable bonds is 6. The molecule has 0 aliphatic carbocycles. The quantitative estimate of drug-likeness (QED) is 0.164. The Balaban J connectivity index is 1.42. The largest absolute Gasteiger partial charge is 0.490 e. The van der Waals surface area contributed by atoms with E-state index in [2.05, 4.69) is 15.0 Å². The van der Waals surface area contributed by atoms with E-state index in [1.165, 1.54) is 6.20 Å². The second-order valence-electron chi connectivity index (χ2n) is 13.4. The first kappa shape index (κ1) is 35.3. The van der Waals surface area contributed by atoms with Crippen LogP contribution >= 0.6 is 22.9 Å². The highest BCUT2D eigenvalue weighted by molar-refractivity contribution is 7.23. The molecule has 2 fully saturated rings. The summed E-state index contributed by atoms with van der Waals surface area (Å²) in [5, 5.41) is 9.33. The molecule has 0 bridgehead atoms. The average Bonchev–Trinajstić information content (AvgIpc) is 3.71. The van der Waals surface area contributed by atoms with E-state index in [-0.39, 0.29) is 76.0 Å². The fourth-order valence-electron chi connectivity index (χ4n) is 8.06. The van der Waals surface area contributed by atoms with Crippen LogP contribution < -0.4 is 25.8 Å². The molecule has 3 atom stereocenters. The highest BCUT2D eigenvalue weighted by Gasteiger charge is 2.50. The van der Waals surface area contributed by atoms with Crippen molar-refractivity contribution in [2.24, 2.45) is 0 Å². The first-order valence-electron chi connectivity index (χ1n) is 16.6. The van der Waals surface area contributed by atoms with Crippen LogP contribution in [0.25, 0.3) is 32.1 Å². The van der Waals surface area contributed by atoms with Crippen molar-refractivity contribution in [1.82, 2.24) is 19.9 Å². The molecule has 53 heavy (non-hydrogen) atoms. The van der Waals surface area contributed by atoms with Crippen molar-refractivity contribution >= 4 is 60.6 Å². The predicted molar refractivity (Wildman–Crippen MR) is 188 cm³/mol. The number of nitrogen functional groups attached to an aromatic ring is 2. The molecule has 276 valence electrons. The van der Waals surface area contributed by atoms with Crippen molar-refractivity contribution in [3.8, 4) is 29.0 Å². The molecular weight excluding hydrogens is 746 g/mol. The van der Waals surface area contributed by atoms with Crippen LogP contribution in [0.3, 0.4) is 0 Å². The first-order valence-corrected chi connectivity index (χ1v) is 17.8. The molecule has 3 aromatic heterocycles. The van der Waals surface area contributed by atoms with Gasteiger partial charge in [-0.2, -0.15) is 28.4 Å². The molecule has 0 amide bonds. The Kier molecular flexibility index (Phi) is 8.43. The fourth-order valence-corrected chi connectivity index (χ4v) is 9.17. The number of aromatic nitrogens is 3. The summed E-state index contributed by atoms with van der Waals surface area (Å²) in [6.07, 6.45) is -3.34. The number of pyridine rings is 1. The Morgan fingerprint density at radius 1 is 1.21 bits per heavy atom. The van der Waals surface area contributed by atoms with Gasteiger partial charge in [0.05, 0.1) is 38.8 Å². The Labute approximate surface area is 306 Å². The van der Waals surface area contributed by atoms with E-state index in [0.29, 0.717) is 29.9 Å². The summed E-state index contributed by atoms with van der Waals surface area (Å²) in [7, 11) is 0. The molecule has 3 aliphatic rings. The lowest BCUT2D eigenvalue weighted by Crippen LogP contribution is -2.43. The monoisotopic (exact) mass is 774 g/mol. The molecule has 3 aliphatic heterocycles. The van der Waals surface area contributed by atoms with Crippen LogP contribution in [0.5, 0.6) is 11.8 Å². The van der Waals surface area contributed by atoms with E-state index in [1.807, 2.05) is 11.0 Å². The number of alkyl halides is 4. The lowest BCUT2D eigenvalue weighted by atomic mass is 9.91. The molecule has 10 nitrogen and oxygen atoms in total. The summed E-state index contributed by atoms with van der Waals surface area (Å²) in [6.45, 7) is 2.14. The molecule has 0 unspecified atom stereocenters. The second-order valence-corrected chi connectivity index (χ2v) is 14.9. The Bertz CT molecular complexity index is 2370. The van der Waals surface area contributed by atoms with Gasteiger partial charge in [0.1, 0.15) is 64.7 Å². The van der Waals surface area contributed by atoms with E-state index < -0.39 is 68.9 Å². The smallest absolute Gasteiger partial charge is 0.420 e. The van der Waals surface area contributed by atoms with Crippen molar-refractivity contribution in [3.63, 3.8) is 0 Å². The number of hydrogen-bond acceptors (Lipinski definition) is 11. The normalized spacial score (nSPS) is 20.7. The number of nitrogens with two attached hydrogens (primary N) is 2. The molecule has 2 saturated heterocycles. The molecule has 5 aromatic rings. The highest BCUT2D eigenvalue weighted by Crippen LogP contribution is 2.54. The number of benzene rings is 2. The van der Waals surface area contributed by atoms with Gasteiger partial charge in [0.25, 0.3) is 0 Å². The minimum Gasteiger partial charge on any atom is -0.490 e. The number of fused-ring (bicyclic) bond motifs is 2. The van der Waals surface area contributed by atoms with Crippen molar-refractivity contribution in [1.29, 1.82) is 5.26 Å². The van der Waals surface area contributed by atoms with Gasteiger partial charge in [-0.3, -0.25) is 4.90 Å². The summed E-state index contributed by atoms with van der Waals surface area (Å²) in [4.78, 5) is 16.6. The highest BCUT2D eigenvalue weighted by atomic mass is 35.5. The minimum absolute atomic E-state index is 0.0597. The molecule has 0 spiro atoms. The van der Waals surface area contributed by atoms with Crippen molar-refractivity contribution in [3.05, 3.63) is 57.7 Å². The molecule has 4 N–H and O–H groups in total. The fraction of sp³-hybridized carbons (Fsp3) is 0.371. The van der Waals surface area contributed by atoms with Gasteiger partial charge in [-0.05, 0) is 44.0 Å². The number of anilines is 3. The maximum Gasteiger partial charge on any atom is 0.420 e. The van der Waals surface area contributed by atoms with Gasteiger partial charge in [-0.15, -0.1) is 11.3 Å². The zero-order valence-corrected chi connectivity index (χ0v) is 29.4. The summed E-state index contributed by atoms with van der Waals surface area (Å²) in [5.74, 6) is -3.13. The number of ether oxygens (including phenoxy) is 2. The van der Waals surface area contributed by atoms with E-state index in [9.17, 15) is 9.65 Å². The molecule has 6 heterocycles. The Hall–Kier alpha value is -4.79. The van der Waals surface area contributed by atoms with Crippen LogP contribution in [0, 0.1) is 23.0 Å². The third-order valence-corrected chi connectivity index (χ3v) is 11.6. The minimum atomic E-state index is -5.25. The van der Waals surface area contributed by atoms with Gasteiger partial charge in [-0.1, -0.05) is 17.7 Å². The van der Waals surface area contributed by atoms with Crippen molar-refractivity contribution in [2.45, 2.75) is 50.1 Å². The summed E-state index contributed by atoms with van der Waals surface area (Å²) in [6, 6.07) is 4.12. The Morgan fingerprint density at radius 2 is 2.00 bits per heavy atom. The third-order valence-electron chi connectivity index (χ3n) is 10.4. The molecule has 2 aromatic carbocycles. The SMILES string of the molecule is C[C@H](c1cc(Cl)cnc1N)N1CCOc2c(C(F)(F)F)c(-c3ccc(F)c4sc(N)c(C#N)c34)c(F)c3nc(OC[C@@]45CCCN4C[C@H](F)C5)nc1c23. The van der Waals surface area contributed by atoms with Crippen LogP contribution in [0.4, 0.5) is 43.0 Å². The summed E-state index contributed by atoms with van der Waals surface area (Å²) < 4.78 is 105. The zero-order chi connectivity index (χ0) is 37.6. The topological polar surface area (TPSA) is 139 Å². The molecule has 0 saturated carbocycles. The number of hydrogen-bond donors (Lipinski definition) is 2. The Morgan fingerprint density at radius 3 is 2.75 bits per heavy atom. The molecule has 18 heteroatoms. The van der Waals surface area contributed by atoms with Crippen molar-refractivity contribution in [2.75, 3.05) is 49.2 Å².